The van der Waals surface area contributed by atoms with Crippen molar-refractivity contribution in [3.05, 3.63) is 81.4 Å². The zero-order valence-corrected chi connectivity index (χ0v) is 17.2. The molecule has 0 saturated heterocycles. The summed E-state index contributed by atoms with van der Waals surface area (Å²) in [7, 11) is 0. The van der Waals surface area contributed by atoms with Gasteiger partial charge in [-0.25, -0.2) is 9.37 Å². The second kappa shape index (κ2) is 7.32. The Balaban J connectivity index is 1.61. The zero-order chi connectivity index (χ0) is 19.8. The smallest absolute Gasteiger partial charge is 0.144 e. The van der Waals surface area contributed by atoms with E-state index in [0.717, 1.165) is 33.3 Å². The van der Waals surface area contributed by atoms with Gasteiger partial charge in [0, 0.05) is 17.5 Å². The minimum absolute atomic E-state index is 0.257. The Morgan fingerprint density at radius 2 is 1.68 bits per heavy atom. The summed E-state index contributed by atoms with van der Waals surface area (Å²) in [4.78, 5) is 5.75. The minimum Gasteiger partial charge on any atom is -0.360 e. The van der Waals surface area contributed by atoms with Crippen LogP contribution in [0.4, 0.5) is 4.39 Å². The molecule has 0 amide bonds. The lowest BCUT2D eigenvalue weighted by molar-refractivity contribution is 0.390. The molecule has 4 rings (SSSR count). The van der Waals surface area contributed by atoms with Gasteiger partial charge in [0.25, 0.3) is 0 Å². The van der Waals surface area contributed by atoms with Crippen molar-refractivity contribution in [1.29, 1.82) is 0 Å². The first-order valence-corrected chi connectivity index (χ1v) is 9.99. The third kappa shape index (κ3) is 3.50. The third-order valence-corrected chi connectivity index (χ3v) is 6.12. The van der Waals surface area contributed by atoms with Crippen LogP contribution in [0.5, 0.6) is 0 Å². The van der Waals surface area contributed by atoms with Crippen LogP contribution in [-0.2, 0) is 6.42 Å². The molecule has 5 heteroatoms. The van der Waals surface area contributed by atoms with Crippen LogP contribution in [0.3, 0.4) is 0 Å². The van der Waals surface area contributed by atoms with E-state index in [1.54, 1.807) is 23.5 Å². The number of hydrogen-bond acceptors (Lipinski definition) is 4. The molecule has 4 aromatic rings. The van der Waals surface area contributed by atoms with Crippen LogP contribution in [0.2, 0.25) is 0 Å². The molecule has 28 heavy (non-hydrogen) atoms. The maximum atomic E-state index is 13.2. The van der Waals surface area contributed by atoms with E-state index in [2.05, 4.69) is 42.2 Å². The monoisotopic (exact) mass is 392 g/mol. The lowest BCUT2D eigenvalue weighted by Crippen LogP contribution is -1.93. The SMILES string of the molecule is Cc1nc(C)c(-c2ccc(Cc3onc(-c4ccc(F)cc4)c3C)c(C)c2)s1. The van der Waals surface area contributed by atoms with Gasteiger partial charge in [0.05, 0.1) is 15.6 Å². The zero-order valence-electron chi connectivity index (χ0n) is 16.3. The maximum Gasteiger partial charge on any atom is 0.144 e. The first kappa shape index (κ1) is 18.6. The second-order valence-corrected chi connectivity index (χ2v) is 8.25. The van der Waals surface area contributed by atoms with E-state index in [1.807, 2.05) is 13.8 Å². The van der Waals surface area contributed by atoms with Crippen LogP contribution in [0.1, 0.15) is 33.2 Å². The van der Waals surface area contributed by atoms with Gasteiger partial charge in [0.2, 0.25) is 0 Å². The van der Waals surface area contributed by atoms with Gasteiger partial charge in [0.15, 0.2) is 0 Å². The van der Waals surface area contributed by atoms with Crippen molar-refractivity contribution in [1.82, 2.24) is 10.1 Å². The maximum absolute atomic E-state index is 13.2. The molecule has 2 heterocycles. The molecule has 0 N–H and O–H groups in total. The van der Waals surface area contributed by atoms with Gasteiger partial charge in [-0.2, -0.15) is 0 Å². The number of aryl methyl sites for hydroxylation is 3. The number of aromatic nitrogens is 2. The Hall–Kier alpha value is -2.79. The molecule has 0 spiro atoms. The fourth-order valence-electron chi connectivity index (χ4n) is 3.42. The van der Waals surface area contributed by atoms with E-state index < -0.39 is 0 Å². The molecule has 3 nitrogen and oxygen atoms in total. The van der Waals surface area contributed by atoms with Crippen molar-refractivity contribution >= 4 is 11.3 Å². The molecule has 0 unspecified atom stereocenters. The number of nitrogens with zero attached hydrogens (tertiary/aromatic N) is 2. The summed E-state index contributed by atoms with van der Waals surface area (Å²) >= 11 is 1.72. The van der Waals surface area contributed by atoms with E-state index in [1.165, 1.54) is 33.7 Å². The molecule has 0 aliphatic heterocycles. The van der Waals surface area contributed by atoms with Gasteiger partial charge in [-0.05, 0) is 68.7 Å². The molecular weight excluding hydrogens is 371 g/mol. The van der Waals surface area contributed by atoms with Crippen molar-refractivity contribution in [3.8, 4) is 21.7 Å². The quantitative estimate of drug-likeness (QED) is 0.402. The summed E-state index contributed by atoms with van der Waals surface area (Å²) < 4.78 is 18.8. The van der Waals surface area contributed by atoms with E-state index >= 15 is 0 Å². The Labute approximate surface area is 167 Å². The van der Waals surface area contributed by atoms with Crippen LogP contribution < -0.4 is 0 Å². The van der Waals surface area contributed by atoms with E-state index in [4.69, 9.17) is 4.52 Å². The number of benzene rings is 2. The van der Waals surface area contributed by atoms with Crippen LogP contribution in [0.15, 0.2) is 47.0 Å². The fraction of sp³-hybridized carbons (Fsp3) is 0.217. The number of hydrogen-bond donors (Lipinski definition) is 0. The highest BCUT2D eigenvalue weighted by Gasteiger charge is 2.16. The van der Waals surface area contributed by atoms with E-state index in [-0.39, 0.29) is 5.82 Å². The van der Waals surface area contributed by atoms with Gasteiger partial charge in [0.1, 0.15) is 17.3 Å². The van der Waals surface area contributed by atoms with Gasteiger partial charge < -0.3 is 4.52 Å². The highest BCUT2D eigenvalue weighted by atomic mass is 32.1. The lowest BCUT2D eigenvalue weighted by atomic mass is 9.98. The average Bonchev–Trinajstić information content (AvgIpc) is 3.19. The molecule has 0 aliphatic carbocycles. The summed E-state index contributed by atoms with van der Waals surface area (Å²) in [5.74, 6) is 0.576. The second-order valence-electron chi connectivity index (χ2n) is 7.05. The normalized spacial score (nSPS) is 11.2. The van der Waals surface area contributed by atoms with Crippen molar-refractivity contribution in [2.24, 2.45) is 0 Å². The number of rotatable bonds is 4. The Morgan fingerprint density at radius 3 is 2.32 bits per heavy atom. The van der Waals surface area contributed by atoms with E-state index in [9.17, 15) is 4.39 Å². The first-order chi connectivity index (χ1) is 13.4. The summed E-state index contributed by atoms with van der Waals surface area (Å²) in [6, 6.07) is 12.8. The molecule has 0 aliphatic rings. The number of thiazole rings is 1. The predicted molar refractivity (Wildman–Crippen MR) is 111 cm³/mol. The summed E-state index contributed by atoms with van der Waals surface area (Å²) in [5, 5.41) is 5.30. The lowest BCUT2D eigenvalue weighted by Gasteiger charge is -2.07. The topological polar surface area (TPSA) is 38.9 Å². The van der Waals surface area contributed by atoms with Crippen LogP contribution in [0.25, 0.3) is 21.7 Å². The Morgan fingerprint density at radius 1 is 0.964 bits per heavy atom. The predicted octanol–water partition coefficient (Wildman–Crippen LogP) is 6.43. The van der Waals surface area contributed by atoms with Gasteiger partial charge in [-0.15, -0.1) is 11.3 Å². The van der Waals surface area contributed by atoms with Crippen molar-refractivity contribution in [2.75, 3.05) is 0 Å². The summed E-state index contributed by atoms with van der Waals surface area (Å²) in [6.07, 6.45) is 0.673. The molecule has 0 radical (unpaired) electrons. The molecule has 2 aromatic carbocycles. The molecule has 0 fully saturated rings. The third-order valence-electron chi connectivity index (χ3n) is 5.00. The molecule has 2 aromatic heterocycles. The average molecular weight is 392 g/mol. The van der Waals surface area contributed by atoms with Gasteiger partial charge in [-0.3, -0.25) is 0 Å². The van der Waals surface area contributed by atoms with Crippen molar-refractivity contribution in [3.63, 3.8) is 0 Å². The summed E-state index contributed by atoms with van der Waals surface area (Å²) in [5.41, 5.74) is 7.30. The Kier molecular flexibility index (Phi) is 4.85. The van der Waals surface area contributed by atoms with Crippen molar-refractivity contribution < 1.29 is 8.91 Å². The highest BCUT2D eigenvalue weighted by molar-refractivity contribution is 7.15. The first-order valence-electron chi connectivity index (χ1n) is 9.17. The molecule has 0 atom stereocenters. The van der Waals surface area contributed by atoms with Crippen LogP contribution in [0, 0.1) is 33.5 Å². The standard InChI is InChI=1S/C23H21FN2OS/c1-13-11-19(23-15(3)25-16(4)28-23)6-5-18(13)12-21-14(2)22(26-27-21)17-7-9-20(24)10-8-17/h5-11H,12H2,1-4H3. The van der Waals surface area contributed by atoms with E-state index in [0.29, 0.717) is 6.42 Å². The van der Waals surface area contributed by atoms with Crippen LogP contribution >= 0.6 is 11.3 Å². The molecule has 142 valence electrons. The van der Waals surface area contributed by atoms with Gasteiger partial charge in [-0.1, -0.05) is 23.4 Å². The largest absolute Gasteiger partial charge is 0.360 e. The fourth-order valence-corrected chi connectivity index (χ4v) is 4.34. The molecule has 0 saturated carbocycles. The molecule has 0 bridgehead atoms. The minimum atomic E-state index is -0.257. The highest BCUT2D eigenvalue weighted by Crippen LogP contribution is 2.32. The summed E-state index contributed by atoms with van der Waals surface area (Å²) in [6.45, 7) is 8.21. The Bertz CT molecular complexity index is 1140. The van der Waals surface area contributed by atoms with Gasteiger partial charge >= 0.3 is 0 Å². The molecular formula is C23H21FN2OS. The van der Waals surface area contributed by atoms with Crippen molar-refractivity contribution in [2.45, 2.75) is 34.1 Å². The van der Waals surface area contributed by atoms with Crippen LogP contribution in [-0.4, -0.2) is 10.1 Å². The number of halogens is 1.